The van der Waals surface area contributed by atoms with E-state index in [4.69, 9.17) is 9.47 Å². The fourth-order valence-corrected chi connectivity index (χ4v) is 9.50. The molecule has 370 valence electrons. The molecule has 4 heteroatoms. The highest BCUT2D eigenvalue weighted by molar-refractivity contribution is 5.69. The maximum absolute atomic E-state index is 12.2. The first-order valence-electron chi connectivity index (χ1n) is 28.7. The van der Waals surface area contributed by atoms with Crippen molar-refractivity contribution in [2.45, 2.75) is 330 Å². The lowest BCUT2D eigenvalue weighted by atomic mass is 9.82. The first kappa shape index (κ1) is 60.9. The summed E-state index contributed by atoms with van der Waals surface area (Å²) in [6.45, 7) is 13.1. The molecular formula is C58H114O4. The third kappa shape index (κ3) is 48.4. The molecule has 0 aliphatic rings. The first-order chi connectivity index (χ1) is 30.4. The number of hydrogen-bond acceptors (Lipinski definition) is 4. The van der Waals surface area contributed by atoms with Crippen LogP contribution in [0.3, 0.4) is 0 Å². The molecular weight excluding hydrogens is 761 g/mol. The van der Waals surface area contributed by atoms with Gasteiger partial charge in [-0.1, -0.05) is 285 Å². The molecule has 0 heterocycles. The molecule has 0 saturated carbocycles. The van der Waals surface area contributed by atoms with E-state index in [0.29, 0.717) is 26.1 Å². The summed E-state index contributed by atoms with van der Waals surface area (Å²) in [5.41, 5.74) is 0. The predicted molar refractivity (Wildman–Crippen MR) is 273 cm³/mol. The van der Waals surface area contributed by atoms with Crippen molar-refractivity contribution >= 4 is 11.9 Å². The van der Waals surface area contributed by atoms with Gasteiger partial charge in [0.05, 0.1) is 13.2 Å². The summed E-state index contributed by atoms with van der Waals surface area (Å²) in [6, 6.07) is 0. The summed E-state index contributed by atoms with van der Waals surface area (Å²) in [6.07, 6.45) is 59.4. The lowest BCUT2D eigenvalue weighted by molar-refractivity contribution is -0.144. The average Bonchev–Trinajstić information content (AvgIpc) is 3.26. The predicted octanol–water partition coefficient (Wildman–Crippen LogP) is 20.0. The fraction of sp³-hybridized carbons (Fsp3) is 0.966. The molecule has 0 aromatic heterocycles. The van der Waals surface area contributed by atoms with Gasteiger partial charge in [-0.05, 0) is 49.9 Å². The van der Waals surface area contributed by atoms with Gasteiger partial charge in [-0.25, -0.2) is 0 Å². The van der Waals surface area contributed by atoms with E-state index >= 15 is 0 Å². The zero-order chi connectivity index (χ0) is 45.2. The van der Waals surface area contributed by atoms with Gasteiger partial charge in [-0.3, -0.25) is 9.59 Å². The molecule has 0 saturated heterocycles. The summed E-state index contributed by atoms with van der Waals surface area (Å²) in [5, 5.41) is 0. The smallest absolute Gasteiger partial charge is 0.305 e. The molecule has 0 aromatic rings. The normalized spacial score (nSPS) is 12.6. The molecule has 0 aliphatic heterocycles. The highest BCUT2D eigenvalue weighted by Crippen LogP contribution is 2.29. The maximum Gasteiger partial charge on any atom is 0.305 e. The van der Waals surface area contributed by atoms with Crippen LogP contribution in [0.1, 0.15) is 330 Å². The molecule has 0 spiro atoms. The van der Waals surface area contributed by atoms with Gasteiger partial charge in [0.2, 0.25) is 0 Å². The largest absolute Gasteiger partial charge is 0.466 e. The Hall–Kier alpha value is -1.06. The average molecular weight is 876 g/mol. The molecule has 2 unspecified atom stereocenters. The summed E-state index contributed by atoms with van der Waals surface area (Å²) in [7, 11) is 0. The molecule has 62 heavy (non-hydrogen) atoms. The van der Waals surface area contributed by atoms with Crippen molar-refractivity contribution in [3.8, 4) is 0 Å². The molecule has 2 atom stereocenters. The Bertz CT molecular complexity index is 885. The zero-order valence-corrected chi connectivity index (χ0v) is 43.3. The molecule has 0 fully saturated rings. The van der Waals surface area contributed by atoms with E-state index in [2.05, 4.69) is 34.6 Å². The van der Waals surface area contributed by atoms with Crippen molar-refractivity contribution < 1.29 is 19.1 Å². The van der Waals surface area contributed by atoms with Crippen LogP contribution in [0, 0.1) is 17.8 Å². The minimum atomic E-state index is 0.0170. The maximum atomic E-state index is 12.2. The quantitative estimate of drug-likeness (QED) is 0.0451. The molecule has 0 bridgehead atoms. The Balaban J connectivity index is 3.53. The Morgan fingerprint density at radius 1 is 0.323 bits per heavy atom. The SMILES string of the molecule is CCCCCCCCCCCCCCCCCC(=O)OCCCCCCCCC(C)CC(CCCCCCCOC(=O)CCCCCCCCCCCCCCCCC)C(C)C. The summed E-state index contributed by atoms with van der Waals surface area (Å²) < 4.78 is 11.1. The van der Waals surface area contributed by atoms with E-state index in [-0.39, 0.29) is 11.9 Å². The second-order valence-corrected chi connectivity index (χ2v) is 20.7. The van der Waals surface area contributed by atoms with E-state index in [1.54, 1.807) is 0 Å². The Morgan fingerprint density at radius 3 is 0.887 bits per heavy atom. The van der Waals surface area contributed by atoms with Crippen LogP contribution >= 0.6 is 0 Å². The zero-order valence-electron chi connectivity index (χ0n) is 43.3. The van der Waals surface area contributed by atoms with E-state index in [1.165, 1.54) is 257 Å². The second-order valence-electron chi connectivity index (χ2n) is 20.7. The van der Waals surface area contributed by atoms with Crippen molar-refractivity contribution in [1.82, 2.24) is 0 Å². The van der Waals surface area contributed by atoms with E-state index in [1.807, 2.05) is 0 Å². The number of unbranched alkanes of at least 4 members (excludes halogenated alkanes) is 37. The number of ether oxygens (including phenoxy) is 2. The topological polar surface area (TPSA) is 52.6 Å². The van der Waals surface area contributed by atoms with E-state index in [0.717, 1.165) is 43.4 Å². The Kier molecular flexibility index (Phi) is 50.1. The van der Waals surface area contributed by atoms with Crippen LogP contribution in [0.25, 0.3) is 0 Å². The van der Waals surface area contributed by atoms with Gasteiger partial charge in [0.25, 0.3) is 0 Å². The minimum Gasteiger partial charge on any atom is -0.466 e. The van der Waals surface area contributed by atoms with E-state index in [9.17, 15) is 9.59 Å². The van der Waals surface area contributed by atoms with Crippen LogP contribution in [0.15, 0.2) is 0 Å². The fourth-order valence-electron chi connectivity index (χ4n) is 9.50. The monoisotopic (exact) mass is 875 g/mol. The number of hydrogen-bond donors (Lipinski definition) is 0. The van der Waals surface area contributed by atoms with Gasteiger partial charge >= 0.3 is 11.9 Å². The molecule has 0 amide bonds. The van der Waals surface area contributed by atoms with Crippen LogP contribution < -0.4 is 0 Å². The first-order valence-corrected chi connectivity index (χ1v) is 28.7. The van der Waals surface area contributed by atoms with Gasteiger partial charge in [-0.2, -0.15) is 0 Å². The minimum absolute atomic E-state index is 0.0170. The van der Waals surface area contributed by atoms with Crippen LogP contribution in [0.2, 0.25) is 0 Å². The van der Waals surface area contributed by atoms with Crippen molar-refractivity contribution in [3.63, 3.8) is 0 Å². The van der Waals surface area contributed by atoms with Crippen LogP contribution in [-0.4, -0.2) is 25.2 Å². The van der Waals surface area contributed by atoms with Crippen molar-refractivity contribution in [2.75, 3.05) is 13.2 Å². The van der Waals surface area contributed by atoms with Crippen molar-refractivity contribution in [1.29, 1.82) is 0 Å². The molecule has 0 aromatic carbocycles. The van der Waals surface area contributed by atoms with Crippen molar-refractivity contribution in [3.05, 3.63) is 0 Å². The standard InChI is InChI=1S/C58H114O4/c1-6-8-10-12-14-16-18-20-22-24-26-28-30-37-43-49-57(59)61-51-45-39-33-32-35-41-47-55(5)53-56(54(3)4)48-42-36-34-40-46-52-62-58(60)50-44-38-31-29-27-25-23-21-19-17-15-13-11-9-7-2/h54-56H,6-53H2,1-5H3. The number of carbonyl (C=O) groups excluding carboxylic acids is 2. The van der Waals surface area contributed by atoms with E-state index < -0.39 is 0 Å². The third-order valence-corrected chi connectivity index (χ3v) is 14.0. The van der Waals surface area contributed by atoms with Gasteiger partial charge in [0, 0.05) is 12.8 Å². The summed E-state index contributed by atoms with van der Waals surface area (Å²) >= 11 is 0. The third-order valence-electron chi connectivity index (χ3n) is 14.0. The lowest BCUT2D eigenvalue weighted by Crippen LogP contribution is -2.13. The Labute approximate surface area is 390 Å². The number of rotatable bonds is 52. The van der Waals surface area contributed by atoms with Crippen LogP contribution in [0.4, 0.5) is 0 Å². The summed E-state index contributed by atoms with van der Waals surface area (Å²) in [5.74, 6) is 2.45. The number of esters is 2. The van der Waals surface area contributed by atoms with Gasteiger partial charge in [0.1, 0.15) is 0 Å². The van der Waals surface area contributed by atoms with Crippen molar-refractivity contribution in [2.24, 2.45) is 17.8 Å². The molecule has 0 radical (unpaired) electrons. The van der Waals surface area contributed by atoms with Gasteiger partial charge in [-0.15, -0.1) is 0 Å². The van der Waals surface area contributed by atoms with Crippen LogP contribution in [-0.2, 0) is 19.1 Å². The van der Waals surface area contributed by atoms with Gasteiger partial charge < -0.3 is 9.47 Å². The molecule has 0 aliphatic carbocycles. The van der Waals surface area contributed by atoms with Crippen LogP contribution in [0.5, 0.6) is 0 Å². The molecule has 0 N–H and O–H groups in total. The highest BCUT2D eigenvalue weighted by Gasteiger charge is 2.17. The second kappa shape index (κ2) is 50.9. The molecule has 0 rings (SSSR count). The molecule has 4 nitrogen and oxygen atoms in total. The highest BCUT2D eigenvalue weighted by atomic mass is 16.5. The van der Waals surface area contributed by atoms with Gasteiger partial charge in [0.15, 0.2) is 0 Å². The lowest BCUT2D eigenvalue weighted by Gasteiger charge is -2.24. The summed E-state index contributed by atoms with van der Waals surface area (Å²) in [4.78, 5) is 24.3. The number of carbonyl (C=O) groups is 2. The Morgan fingerprint density at radius 2 is 0.581 bits per heavy atom.